The lowest BCUT2D eigenvalue weighted by Gasteiger charge is -2.29. The summed E-state index contributed by atoms with van der Waals surface area (Å²) in [6, 6.07) is 18.5. The average Bonchev–Trinajstić information content (AvgIpc) is 3.64. The van der Waals surface area contributed by atoms with E-state index in [1.165, 1.54) is 5.56 Å². The molecule has 2 aromatic heterocycles. The Morgan fingerprint density at radius 3 is 2.46 bits per heavy atom. The molecule has 41 heavy (non-hydrogen) atoms. The zero-order chi connectivity index (χ0) is 28.6. The summed E-state index contributed by atoms with van der Waals surface area (Å²) >= 11 is 0. The predicted molar refractivity (Wildman–Crippen MR) is 153 cm³/mol. The maximum absolute atomic E-state index is 12.6. The monoisotopic (exact) mass is 559 g/mol. The SMILES string of the molecule is CCOC(=O)c1nnn(Cc2ccc(OC)cc2)c1OC1CCC(c2ccc(-c3cc(CCOC)[nH]n3)cc2)CC1. The molecular weight excluding hydrogens is 522 g/mol. The van der Waals surface area contributed by atoms with Gasteiger partial charge in [-0.1, -0.05) is 41.6 Å². The summed E-state index contributed by atoms with van der Waals surface area (Å²) in [6.07, 6.45) is 4.48. The van der Waals surface area contributed by atoms with Crippen molar-refractivity contribution in [1.82, 2.24) is 25.2 Å². The van der Waals surface area contributed by atoms with E-state index in [4.69, 9.17) is 18.9 Å². The fraction of sp³-hybridized carbons (Fsp3) is 0.419. The minimum atomic E-state index is -0.528. The summed E-state index contributed by atoms with van der Waals surface area (Å²) in [4.78, 5) is 12.6. The van der Waals surface area contributed by atoms with E-state index in [0.717, 1.165) is 60.4 Å². The fourth-order valence-corrected chi connectivity index (χ4v) is 5.20. The Bertz CT molecular complexity index is 1410. The smallest absolute Gasteiger partial charge is 0.364 e. The Hall–Kier alpha value is -4.18. The number of aromatic amines is 1. The molecule has 216 valence electrons. The third kappa shape index (κ3) is 6.94. The molecule has 10 nitrogen and oxygen atoms in total. The van der Waals surface area contributed by atoms with Crippen LogP contribution in [0.3, 0.4) is 0 Å². The Balaban J connectivity index is 1.23. The second-order valence-electron chi connectivity index (χ2n) is 10.2. The van der Waals surface area contributed by atoms with Gasteiger partial charge in [0.25, 0.3) is 0 Å². The first-order chi connectivity index (χ1) is 20.1. The first-order valence-electron chi connectivity index (χ1n) is 14.1. The van der Waals surface area contributed by atoms with Gasteiger partial charge in [0.1, 0.15) is 11.9 Å². The lowest BCUT2D eigenvalue weighted by molar-refractivity contribution is 0.0507. The van der Waals surface area contributed by atoms with Gasteiger partial charge in [0.2, 0.25) is 11.6 Å². The Kier molecular flexibility index (Phi) is 9.30. The third-order valence-corrected chi connectivity index (χ3v) is 7.49. The number of nitrogens with zero attached hydrogens (tertiary/aromatic N) is 4. The number of carbonyl (C=O) groups excluding carboxylic acids is 1. The summed E-state index contributed by atoms with van der Waals surface area (Å²) in [6.45, 7) is 3.10. The van der Waals surface area contributed by atoms with Crippen molar-refractivity contribution in [3.8, 4) is 22.9 Å². The molecule has 2 aromatic carbocycles. The number of hydrogen-bond donors (Lipinski definition) is 1. The normalized spacial score (nSPS) is 16.9. The van der Waals surface area contributed by atoms with Gasteiger partial charge >= 0.3 is 5.97 Å². The lowest BCUT2D eigenvalue weighted by Crippen LogP contribution is -2.25. The number of methoxy groups -OCH3 is 2. The molecule has 0 bridgehead atoms. The van der Waals surface area contributed by atoms with Crippen LogP contribution >= 0.6 is 0 Å². The highest BCUT2D eigenvalue weighted by atomic mass is 16.5. The van der Waals surface area contributed by atoms with Crippen molar-refractivity contribution in [2.45, 2.75) is 57.6 Å². The molecule has 0 radical (unpaired) electrons. The summed E-state index contributed by atoms with van der Waals surface area (Å²) < 4.78 is 23.7. The predicted octanol–water partition coefficient (Wildman–Crippen LogP) is 5.20. The minimum Gasteiger partial charge on any atom is -0.497 e. The van der Waals surface area contributed by atoms with Crippen LogP contribution in [0.25, 0.3) is 11.3 Å². The molecule has 0 atom stereocenters. The van der Waals surface area contributed by atoms with Gasteiger partial charge in [0, 0.05) is 24.8 Å². The van der Waals surface area contributed by atoms with E-state index in [-0.39, 0.29) is 18.4 Å². The zero-order valence-electron chi connectivity index (χ0n) is 23.8. The quantitative estimate of drug-likeness (QED) is 0.236. The topological polar surface area (TPSA) is 113 Å². The number of aromatic nitrogens is 5. The van der Waals surface area contributed by atoms with Crippen LogP contribution < -0.4 is 9.47 Å². The van der Waals surface area contributed by atoms with Crippen LogP contribution in [0.4, 0.5) is 0 Å². The van der Waals surface area contributed by atoms with Crippen LogP contribution in [0.2, 0.25) is 0 Å². The van der Waals surface area contributed by atoms with Crippen molar-refractivity contribution < 1.29 is 23.7 Å². The van der Waals surface area contributed by atoms with Crippen LogP contribution in [-0.4, -0.2) is 64.7 Å². The second kappa shape index (κ2) is 13.5. The Labute approximate surface area is 240 Å². The van der Waals surface area contributed by atoms with Crippen molar-refractivity contribution in [2.75, 3.05) is 27.4 Å². The van der Waals surface area contributed by atoms with E-state index in [1.807, 2.05) is 24.3 Å². The highest BCUT2D eigenvalue weighted by Gasteiger charge is 2.29. The number of benzene rings is 2. The van der Waals surface area contributed by atoms with Crippen molar-refractivity contribution in [3.05, 3.63) is 77.1 Å². The van der Waals surface area contributed by atoms with Crippen molar-refractivity contribution in [1.29, 1.82) is 0 Å². The van der Waals surface area contributed by atoms with E-state index < -0.39 is 5.97 Å². The highest BCUT2D eigenvalue weighted by Crippen LogP contribution is 2.36. The molecule has 0 unspecified atom stereocenters. The molecule has 5 rings (SSSR count). The molecule has 0 aliphatic heterocycles. The molecule has 10 heteroatoms. The number of carbonyl (C=O) groups is 1. The maximum atomic E-state index is 12.6. The van der Waals surface area contributed by atoms with Gasteiger partial charge in [0.15, 0.2) is 0 Å². The molecular formula is C31H37N5O5. The van der Waals surface area contributed by atoms with Gasteiger partial charge in [-0.15, -0.1) is 5.10 Å². The van der Waals surface area contributed by atoms with E-state index >= 15 is 0 Å². The van der Waals surface area contributed by atoms with E-state index in [1.54, 1.807) is 25.8 Å². The fourth-order valence-electron chi connectivity index (χ4n) is 5.20. The summed E-state index contributed by atoms with van der Waals surface area (Å²) in [7, 11) is 3.33. The van der Waals surface area contributed by atoms with Gasteiger partial charge in [-0.2, -0.15) is 5.10 Å². The number of nitrogens with one attached hydrogen (secondary N) is 1. The van der Waals surface area contributed by atoms with Crippen LogP contribution in [0.5, 0.6) is 11.6 Å². The van der Waals surface area contributed by atoms with Gasteiger partial charge in [-0.05, 0) is 67.9 Å². The van der Waals surface area contributed by atoms with Gasteiger partial charge in [0.05, 0.1) is 32.6 Å². The second-order valence-corrected chi connectivity index (χ2v) is 10.2. The van der Waals surface area contributed by atoms with E-state index in [9.17, 15) is 4.79 Å². The van der Waals surface area contributed by atoms with Gasteiger partial charge < -0.3 is 18.9 Å². The molecule has 2 heterocycles. The highest BCUT2D eigenvalue weighted by molar-refractivity contribution is 5.89. The van der Waals surface area contributed by atoms with E-state index in [2.05, 4.69) is 50.8 Å². The summed E-state index contributed by atoms with van der Waals surface area (Å²) in [5.74, 6) is 1.05. The van der Waals surface area contributed by atoms with E-state index in [0.29, 0.717) is 24.9 Å². The van der Waals surface area contributed by atoms with Gasteiger partial charge in [-0.25, -0.2) is 9.48 Å². The van der Waals surface area contributed by atoms with Crippen molar-refractivity contribution in [2.24, 2.45) is 0 Å². The summed E-state index contributed by atoms with van der Waals surface area (Å²) in [5, 5.41) is 15.9. The number of hydrogen-bond acceptors (Lipinski definition) is 8. The molecule has 1 N–H and O–H groups in total. The van der Waals surface area contributed by atoms with Crippen molar-refractivity contribution in [3.63, 3.8) is 0 Å². The maximum Gasteiger partial charge on any atom is 0.364 e. The Morgan fingerprint density at radius 1 is 1.02 bits per heavy atom. The third-order valence-electron chi connectivity index (χ3n) is 7.49. The number of rotatable bonds is 12. The lowest BCUT2D eigenvalue weighted by atomic mass is 9.82. The molecule has 1 saturated carbocycles. The molecule has 1 aliphatic carbocycles. The number of ether oxygens (including phenoxy) is 4. The Morgan fingerprint density at radius 2 is 1.78 bits per heavy atom. The average molecular weight is 560 g/mol. The molecule has 4 aromatic rings. The first kappa shape index (κ1) is 28.4. The van der Waals surface area contributed by atoms with Crippen LogP contribution in [0, 0.1) is 0 Å². The molecule has 0 saturated heterocycles. The largest absolute Gasteiger partial charge is 0.497 e. The molecule has 0 amide bonds. The van der Waals surface area contributed by atoms with Crippen LogP contribution in [0.1, 0.15) is 65.8 Å². The zero-order valence-corrected chi connectivity index (χ0v) is 23.8. The van der Waals surface area contributed by atoms with Crippen LogP contribution in [0.15, 0.2) is 54.6 Å². The number of H-pyrrole nitrogens is 1. The standard InChI is InChI=1S/C31H37N5O5/c1-4-40-31(37)29-30(36(35-34-29)20-21-5-13-26(39-3)14-6-21)41-27-15-11-23(12-16-27)22-7-9-24(10-8-22)28-19-25(32-33-28)17-18-38-2/h5-10,13-14,19,23,27H,4,11-12,15-18,20H2,1-3H3,(H,32,33). The number of esters is 1. The molecule has 0 spiro atoms. The molecule has 1 aliphatic rings. The first-order valence-corrected chi connectivity index (χ1v) is 14.1. The van der Waals surface area contributed by atoms with Crippen LogP contribution in [-0.2, 0) is 22.4 Å². The summed E-state index contributed by atoms with van der Waals surface area (Å²) in [5.41, 5.74) is 5.52. The minimum absolute atomic E-state index is 0.0404. The van der Waals surface area contributed by atoms with Crippen molar-refractivity contribution >= 4 is 5.97 Å². The van der Waals surface area contributed by atoms with Gasteiger partial charge in [-0.3, -0.25) is 5.10 Å². The molecule has 1 fully saturated rings.